The average Bonchev–Trinajstić information content (AvgIpc) is 2.82. The second-order valence-corrected chi connectivity index (χ2v) is 5.03. The predicted molar refractivity (Wildman–Crippen MR) is 52.7 cm³/mol. The van der Waals surface area contributed by atoms with Crippen LogP contribution in [0.2, 0.25) is 0 Å². The van der Waals surface area contributed by atoms with E-state index in [2.05, 4.69) is 17.3 Å². The van der Waals surface area contributed by atoms with Crippen LogP contribution >= 0.6 is 0 Å². The van der Waals surface area contributed by atoms with Crippen LogP contribution in [0.25, 0.3) is 0 Å². The molecule has 0 bridgehead atoms. The van der Waals surface area contributed by atoms with Crippen molar-refractivity contribution in [2.24, 2.45) is 5.92 Å². The SMILES string of the molecule is CN1CC(CN2CNC3(CC3)C2=O)C1. The fraction of sp³-hybridized carbons (Fsp3) is 0.900. The third-order valence-electron chi connectivity index (χ3n) is 3.67. The molecule has 3 fully saturated rings. The molecule has 3 rings (SSSR count). The van der Waals surface area contributed by atoms with Crippen LogP contribution in [-0.4, -0.2) is 54.6 Å². The van der Waals surface area contributed by atoms with E-state index >= 15 is 0 Å². The highest BCUT2D eigenvalue weighted by Gasteiger charge is 2.55. The van der Waals surface area contributed by atoms with Gasteiger partial charge in [0.2, 0.25) is 5.91 Å². The molecular formula is C10H17N3O. The number of carbonyl (C=O) groups is 1. The van der Waals surface area contributed by atoms with E-state index in [0.717, 1.165) is 39.1 Å². The fourth-order valence-electron chi connectivity index (χ4n) is 2.62. The lowest BCUT2D eigenvalue weighted by atomic mass is 10.0. The van der Waals surface area contributed by atoms with Crippen molar-refractivity contribution in [1.29, 1.82) is 0 Å². The maximum Gasteiger partial charge on any atom is 0.243 e. The maximum atomic E-state index is 11.9. The summed E-state index contributed by atoms with van der Waals surface area (Å²) >= 11 is 0. The lowest BCUT2D eigenvalue weighted by molar-refractivity contribution is -0.130. The van der Waals surface area contributed by atoms with Gasteiger partial charge in [-0.25, -0.2) is 0 Å². The van der Waals surface area contributed by atoms with Crippen molar-refractivity contribution in [2.45, 2.75) is 18.4 Å². The molecule has 1 aliphatic carbocycles. The summed E-state index contributed by atoms with van der Waals surface area (Å²) < 4.78 is 0. The number of hydrogen-bond acceptors (Lipinski definition) is 3. The number of hydrogen-bond donors (Lipinski definition) is 1. The van der Waals surface area contributed by atoms with Gasteiger partial charge >= 0.3 is 0 Å². The van der Waals surface area contributed by atoms with E-state index in [1.165, 1.54) is 0 Å². The number of carbonyl (C=O) groups excluding carboxylic acids is 1. The monoisotopic (exact) mass is 195 g/mol. The zero-order chi connectivity index (χ0) is 9.76. The summed E-state index contributed by atoms with van der Waals surface area (Å²) in [7, 11) is 2.13. The molecule has 0 aromatic heterocycles. The molecule has 2 heterocycles. The maximum absolute atomic E-state index is 11.9. The molecule has 14 heavy (non-hydrogen) atoms. The Hall–Kier alpha value is -0.610. The quantitative estimate of drug-likeness (QED) is 0.643. The highest BCUT2D eigenvalue weighted by Crippen LogP contribution is 2.40. The van der Waals surface area contributed by atoms with Gasteiger partial charge in [-0.1, -0.05) is 0 Å². The Morgan fingerprint density at radius 2 is 2.21 bits per heavy atom. The van der Waals surface area contributed by atoms with Crippen LogP contribution in [0.5, 0.6) is 0 Å². The van der Waals surface area contributed by atoms with E-state index in [1.807, 2.05) is 4.90 Å². The summed E-state index contributed by atoms with van der Waals surface area (Å²) in [5.41, 5.74) is -0.102. The van der Waals surface area contributed by atoms with E-state index in [-0.39, 0.29) is 5.54 Å². The highest BCUT2D eigenvalue weighted by molar-refractivity contribution is 5.91. The number of amides is 1. The van der Waals surface area contributed by atoms with Crippen LogP contribution in [-0.2, 0) is 4.79 Å². The van der Waals surface area contributed by atoms with Crippen molar-refractivity contribution >= 4 is 5.91 Å². The van der Waals surface area contributed by atoms with Gasteiger partial charge in [0, 0.05) is 25.6 Å². The van der Waals surface area contributed by atoms with E-state index in [1.54, 1.807) is 0 Å². The van der Waals surface area contributed by atoms with Crippen molar-refractivity contribution in [3.05, 3.63) is 0 Å². The zero-order valence-electron chi connectivity index (χ0n) is 8.62. The molecule has 1 saturated carbocycles. The molecule has 0 radical (unpaired) electrons. The summed E-state index contributed by atoms with van der Waals surface area (Å²) in [4.78, 5) is 16.2. The van der Waals surface area contributed by atoms with Gasteiger partial charge in [0.05, 0.1) is 12.2 Å². The first-order valence-corrected chi connectivity index (χ1v) is 5.43. The van der Waals surface area contributed by atoms with Crippen molar-refractivity contribution < 1.29 is 4.79 Å². The van der Waals surface area contributed by atoms with Gasteiger partial charge in [0.25, 0.3) is 0 Å². The summed E-state index contributed by atoms with van der Waals surface area (Å²) in [5, 5.41) is 3.33. The Labute approximate surface area is 84.2 Å². The number of nitrogens with zero attached hydrogens (tertiary/aromatic N) is 2. The van der Waals surface area contributed by atoms with Gasteiger partial charge in [0.1, 0.15) is 0 Å². The van der Waals surface area contributed by atoms with E-state index in [0.29, 0.717) is 11.8 Å². The van der Waals surface area contributed by atoms with Crippen LogP contribution < -0.4 is 5.32 Å². The van der Waals surface area contributed by atoms with Crippen molar-refractivity contribution in [3.8, 4) is 0 Å². The molecule has 0 aromatic carbocycles. The molecule has 78 valence electrons. The normalized spacial score (nSPS) is 31.2. The standard InChI is InChI=1S/C10H17N3O/c1-12-4-8(5-12)6-13-7-11-10(2-3-10)9(13)14/h8,11H,2-7H2,1H3. The van der Waals surface area contributed by atoms with Crippen LogP contribution in [0.1, 0.15) is 12.8 Å². The first kappa shape index (κ1) is 8.68. The second-order valence-electron chi connectivity index (χ2n) is 5.03. The fourth-order valence-corrected chi connectivity index (χ4v) is 2.62. The smallest absolute Gasteiger partial charge is 0.243 e. The highest BCUT2D eigenvalue weighted by atomic mass is 16.2. The minimum Gasteiger partial charge on any atom is -0.328 e. The summed E-state index contributed by atoms with van der Waals surface area (Å²) in [6.45, 7) is 4.03. The second kappa shape index (κ2) is 2.70. The Kier molecular flexibility index (Phi) is 1.67. The topological polar surface area (TPSA) is 35.6 Å². The molecule has 0 unspecified atom stereocenters. The van der Waals surface area contributed by atoms with Crippen LogP contribution in [0.4, 0.5) is 0 Å². The number of rotatable bonds is 2. The van der Waals surface area contributed by atoms with Gasteiger partial charge in [-0.15, -0.1) is 0 Å². The lowest BCUT2D eigenvalue weighted by Crippen LogP contribution is -2.50. The van der Waals surface area contributed by atoms with Gasteiger partial charge in [-0.3, -0.25) is 10.1 Å². The third-order valence-corrected chi connectivity index (χ3v) is 3.67. The summed E-state index contributed by atoms with van der Waals surface area (Å²) in [5.74, 6) is 1.06. The van der Waals surface area contributed by atoms with Gasteiger partial charge in [-0.05, 0) is 19.9 Å². The Morgan fingerprint density at radius 1 is 1.50 bits per heavy atom. The minimum absolute atomic E-state index is 0.102. The van der Waals surface area contributed by atoms with Gasteiger partial charge in [0.15, 0.2) is 0 Å². The Bertz CT molecular complexity index is 269. The molecule has 1 amide bonds. The van der Waals surface area contributed by atoms with Crippen molar-refractivity contribution in [3.63, 3.8) is 0 Å². The molecule has 1 spiro atoms. The average molecular weight is 195 g/mol. The first-order valence-electron chi connectivity index (χ1n) is 5.43. The van der Waals surface area contributed by atoms with E-state index in [9.17, 15) is 4.79 Å². The largest absolute Gasteiger partial charge is 0.328 e. The Balaban J connectivity index is 1.57. The summed E-state index contributed by atoms with van der Waals surface area (Å²) in [6, 6.07) is 0. The molecule has 2 aliphatic heterocycles. The van der Waals surface area contributed by atoms with Crippen molar-refractivity contribution in [2.75, 3.05) is 33.4 Å². The van der Waals surface area contributed by atoms with Crippen LogP contribution in [0.15, 0.2) is 0 Å². The molecular weight excluding hydrogens is 178 g/mol. The first-order chi connectivity index (χ1) is 6.70. The molecule has 2 saturated heterocycles. The lowest BCUT2D eigenvalue weighted by Gasteiger charge is -2.38. The van der Waals surface area contributed by atoms with E-state index in [4.69, 9.17) is 0 Å². The Morgan fingerprint density at radius 3 is 2.71 bits per heavy atom. The number of nitrogens with one attached hydrogen (secondary N) is 1. The molecule has 4 heteroatoms. The molecule has 1 N–H and O–H groups in total. The molecule has 0 atom stereocenters. The molecule has 0 aromatic rings. The number of likely N-dealkylation sites (tertiary alicyclic amines) is 1. The summed E-state index contributed by atoms with van der Waals surface area (Å²) in [6.07, 6.45) is 2.10. The van der Waals surface area contributed by atoms with E-state index < -0.39 is 0 Å². The van der Waals surface area contributed by atoms with Gasteiger partial charge in [-0.2, -0.15) is 0 Å². The van der Waals surface area contributed by atoms with Crippen LogP contribution in [0, 0.1) is 5.92 Å². The predicted octanol–water partition coefficient (Wildman–Crippen LogP) is -0.530. The zero-order valence-corrected chi connectivity index (χ0v) is 8.62. The third kappa shape index (κ3) is 1.17. The van der Waals surface area contributed by atoms with Gasteiger partial charge < -0.3 is 9.80 Å². The minimum atomic E-state index is -0.102. The van der Waals surface area contributed by atoms with Crippen LogP contribution in [0.3, 0.4) is 0 Å². The molecule has 3 aliphatic rings. The molecule has 4 nitrogen and oxygen atoms in total. The van der Waals surface area contributed by atoms with Crippen molar-refractivity contribution in [1.82, 2.24) is 15.1 Å².